The average molecular weight is 210 g/mol. The summed E-state index contributed by atoms with van der Waals surface area (Å²) in [5.41, 5.74) is 5.61. The van der Waals surface area contributed by atoms with E-state index in [1.165, 1.54) is 12.1 Å². The lowest BCUT2D eigenvalue weighted by atomic mass is 10.1. The molecular weight excluding hydrogens is 202 g/mol. The molecule has 72 valence electrons. The number of phenolic OH excluding ortho intramolecular Hbond substituents is 1. The summed E-state index contributed by atoms with van der Waals surface area (Å²) < 4.78 is 0. The zero-order valence-corrected chi connectivity index (χ0v) is 8.01. The number of benzene rings is 1. The molecule has 0 radical (unpaired) electrons. The summed E-state index contributed by atoms with van der Waals surface area (Å²) in [4.78, 5) is 10.5. The first-order valence-electron chi connectivity index (χ1n) is 3.85. The van der Waals surface area contributed by atoms with Gasteiger partial charge >= 0.3 is 0 Å². The summed E-state index contributed by atoms with van der Waals surface area (Å²) in [6.07, 6.45) is 0.523. The van der Waals surface area contributed by atoms with Crippen LogP contribution in [0.3, 0.4) is 0 Å². The van der Waals surface area contributed by atoms with Crippen LogP contribution in [-0.2, 0) is 0 Å². The van der Waals surface area contributed by atoms with E-state index in [0.717, 1.165) is 0 Å². The molecule has 0 saturated heterocycles. The van der Waals surface area contributed by atoms with Crippen LogP contribution in [0.15, 0.2) is 12.1 Å². The first-order chi connectivity index (χ1) is 6.69. The highest BCUT2D eigenvalue weighted by Gasteiger charge is 2.06. The molecule has 0 fully saturated rings. The first kappa shape index (κ1) is 10.6. The van der Waals surface area contributed by atoms with E-state index in [-0.39, 0.29) is 17.9 Å². The summed E-state index contributed by atoms with van der Waals surface area (Å²) in [5.74, 6) is 5.03. The summed E-state index contributed by atoms with van der Waals surface area (Å²) in [7, 11) is 0. The van der Waals surface area contributed by atoms with Crippen molar-refractivity contribution in [1.82, 2.24) is 0 Å². The van der Waals surface area contributed by atoms with Crippen LogP contribution in [0.25, 0.3) is 0 Å². The molecule has 0 spiro atoms. The minimum atomic E-state index is -0.162. The van der Waals surface area contributed by atoms with Gasteiger partial charge in [-0.3, -0.25) is 4.79 Å². The largest absolute Gasteiger partial charge is 0.506 e. The molecule has 0 aliphatic rings. The Morgan fingerprint density at radius 2 is 2.29 bits per heavy atom. The van der Waals surface area contributed by atoms with Crippen LogP contribution >= 0.6 is 11.6 Å². The predicted octanol–water partition coefficient (Wildman–Crippen LogP) is 1.17. The molecule has 0 amide bonds. The van der Waals surface area contributed by atoms with Gasteiger partial charge in [-0.15, -0.1) is 0 Å². The number of nitrogens with two attached hydrogens (primary N) is 1. The molecule has 0 atom stereocenters. The second kappa shape index (κ2) is 4.66. The van der Waals surface area contributed by atoms with Gasteiger partial charge in [-0.25, -0.2) is 0 Å². The number of hydrogen-bond acceptors (Lipinski definition) is 3. The fraction of sp³-hybridized carbons (Fsp3) is 0.100. The van der Waals surface area contributed by atoms with E-state index in [4.69, 9.17) is 17.3 Å². The molecule has 0 saturated carbocycles. The topological polar surface area (TPSA) is 63.3 Å². The zero-order chi connectivity index (χ0) is 10.6. The molecule has 0 aliphatic carbocycles. The van der Waals surface area contributed by atoms with Crippen molar-refractivity contribution in [3.63, 3.8) is 0 Å². The average Bonchev–Trinajstić information content (AvgIpc) is 2.18. The fourth-order valence-electron chi connectivity index (χ4n) is 0.952. The van der Waals surface area contributed by atoms with Gasteiger partial charge in [-0.05, 0) is 12.1 Å². The third-order valence-corrected chi connectivity index (χ3v) is 1.77. The molecule has 0 bridgehead atoms. The SMILES string of the molecule is NCC#Cc1cc(Cl)cc(C=O)c1O. The highest BCUT2D eigenvalue weighted by molar-refractivity contribution is 6.31. The van der Waals surface area contributed by atoms with Crippen LogP contribution in [-0.4, -0.2) is 17.9 Å². The Labute approximate surface area is 86.5 Å². The van der Waals surface area contributed by atoms with E-state index in [1.54, 1.807) is 0 Å². The van der Waals surface area contributed by atoms with Gasteiger partial charge in [0.15, 0.2) is 6.29 Å². The Hall–Kier alpha value is -1.50. The van der Waals surface area contributed by atoms with Crippen LogP contribution in [0, 0.1) is 11.8 Å². The third kappa shape index (κ3) is 2.25. The van der Waals surface area contributed by atoms with Crippen molar-refractivity contribution in [3.8, 4) is 17.6 Å². The number of carbonyl (C=O) groups excluding carboxylic acids is 1. The number of phenols is 1. The van der Waals surface area contributed by atoms with Gasteiger partial charge in [-0.1, -0.05) is 23.4 Å². The van der Waals surface area contributed by atoms with Crippen molar-refractivity contribution in [3.05, 3.63) is 28.3 Å². The van der Waals surface area contributed by atoms with E-state index < -0.39 is 0 Å². The molecule has 14 heavy (non-hydrogen) atoms. The number of hydrogen-bond donors (Lipinski definition) is 2. The smallest absolute Gasteiger partial charge is 0.153 e. The molecule has 1 aromatic carbocycles. The van der Waals surface area contributed by atoms with E-state index in [0.29, 0.717) is 16.9 Å². The van der Waals surface area contributed by atoms with Crippen LogP contribution in [0.5, 0.6) is 5.75 Å². The second-order valence-electron chi connectivity index (χ2n) is 2.51. The third-order valence-electron chi connectivity index (χ3n) is 1.56. The molecular formula is C10H8ClNO2. The van der Waals surface area contributed by atoms with Gasteiger partial charge in [0.05, 0.1) is 17.7 Å². The number of rotatable bonds is 1. The molecule has 1 rings (SSSR count). The Balaban J connectivity index is 3.28. The van der Waals surface area contributed by atoms with Crippen LogP contribution in [0.2, 0.25) is 5.02 Å². The zero-order valence-electron chi connectivity index (χ0n) is 7.25. The normalized spacial score (nSPS) is 9.00. The Bertz CT molecular complexity index is 418. The molecule has 0 unspecified atom stereocenters. The summed E-state index contributed by atoms with van der Waals surface area (Å²) in [5, 5.41) is 9.86. The van der Waals surface area contributed by atoms with E-state index >= 15 is 0 Å². The molecule has 4 heteroatoms. The number of aromatic hydroxyl groups is 1. The molecule has 0 aromatic heterocycles. The minimum Gasteiger partial charge on any atom is -0.506 e. The Morgan fingerprint density at radius 3 is 2.86 bits per heavy atom. The quantitative estimate of drug-likeness (QED) is 0.539. The molecule has 0 heterocycles. The highest BCUT2D eigenvalue weighted by atomic mass is 35.5. The van der Waals surface area contributed by atoms with Crippen molar-refractivity contribution in [2.24, 2.45) is 5.73 Å². The number of halogens is 1. The lowest BCUT2D eigenvalue weighted by molar-refractivity contribution is 0.112. The van der Waals surface area contributed by atoms with Gasteiger partial charge in [0.1, 0.15) is 5.75 Å². The number of carbonyl (C=O) groups is 1. The lowest BCUT2D eigenvalue weighted by Gasteiger charge is -2.00. The molecule has 3 nitrogen and oxygen atoms in total. The predicted molar refractivity (Wildman–Crippen MR) is 54.4 cm³/mol. The summed E-state index contributed by atoms with van der Waals surface area (Å²) in [6, 6.07) is 2.85. The van der Waals surface area contributed by atoms with Crippen molar-refractivity contribution in [2.75, 3.05) is 6.54 Å². The maximum absolute atomic E-state index is 10.5. The fourth-order valence-corrected chi connectivity index (χ4v) is 1.18. The summed E-state index contributed by atoms with van der Waals surface area (Å²) >= 11 is 5.71. The van der Waals surface area contributed by atoms with E-state index in [9.17, 15) is 9.90 Å². The van der Waals surface area contributed by atoms with E-state index in [2.05, 4.69) is 11.8 Å². The van der Waals surface area contributed by atoms with Gasteiger partial charge in [0.25, 0.3) is 0 Å². The van der Waals surface area contributed by atoms with Crippen molar-refractivity contribution in [2.45, 2.75) is 0 Å². The van der Waals surface area contributed by atoms with Crippen molar-refractivity contribution in [1.29, 1.82) is 0 Å². The minimum absolute atomic E-state index is 0.124. The maximum Gasteiger partial charge on any atom is 0.153 e. The van der Waals surface area contributed by atoms with Gasteiger partial charge in [-0.2, -0.15) is 0 Å². The summed E-state index contributed by atoms with van der Waals surface area (Å²) in [6.45, 7) is 0.183. The van der Waals surface area contributed by atoms with Crippen LogP contribution in [0.4, 0.5) is 0 Å². The molecule has 1 aromatic rings. The maximum atomic E-state index is 10.5. The number of aldehydes is 1. The lowest BCUT2D eigenvalue weighted by Crippen LogP contribution is -1.93. The van der Waals surface area contributed by atoms with Gasteiger partial charge < -0.3 is 10.8 Å². The molecule has 3 N–H and O–H groups in total. The second-order valence-corrected chi connectivity index (χ2v) is 2.95. The Kier molecular flexibility index (Phi) is 3.52. The molecule has 0 aliphatic heterocycles. The van der Waals surface area contributed by atoms with Crippen molar-refractivity contribution >= 4 is 17.9 Å². The highest BCUT2D eigenvalue weighted by Crippen LogP contribution is 2.24. The van der Waals surface area contributed by atoms with Gasteiger partial charge in [0, 0.05) is 5.02 Å². The first-order valence-corrected chi connectivity index (χ1v) is 4.23. The van der Waals surface area contributed by atoms with Crippen molar-refractivity contribution < 1.29 is 9.90 Å². The van der Waals surface area contributed by atoms with Gasteiger partial charge in [0.2, 0.25) is 0 Å². The van der Waals surface area contributed by atoms with Crippen LogP contribution in [0.1, 0.15) is 15.9 Å². The standard InChI is InChI=1S/C10H8ClNO2/c11-9-4-7(2-1-3-12)10(14)8(5-9)6-13/h4-6,14H,3,12H2. The van der Waals surface area contributed by atoms with E-state index in [1.807, 2.05) is 0 Å². The Morgan fingerprint density at radius 1 is 1.57 bits per heavy atom. The monoisotopic (exact) mass is 209 g/mol. The van der Waals surface area contributed by atoms with Crippen LogP contribution < -0.4 is 5.73 Å².